The van der Waals surface area contributed by atoms with Gasteiger partial charge >= 0.3 is 0 Å². The van der Waals surface area contributed by atoms with Crippen molar-refractivity contribution in [2.24, 2.45) is 5.73 Å². The smallest absolute Gasteiger partial charge is 0.0582 e. The molecule has 1 aliphatic carbocycles. The van der Waals surface area contributed by atoms with Crippen LogP contribution in [0.25, 0.3) is 0 Å². The number of H-pyrrole nitrogens is 1. The number of nitrogens with zero attached hydrogens (tertiary/aromatic N) is 1. The first kappa shape index (κ1) is 10.5. The quantitative estimate of drug-likeness (QED) is 0.827. The number of aryl methyl sites for hydroxylation is 2. The molecule has 0 radical (unpaired) electrons. The van der Waals surface area contributed by atoms with E-state index < -0.39 is 0 Å². The fourth-order valence-electron chi connectivity index (χ4n) is 2.57. The Labute approximate surface area is 101 Å². The van der Waals surface area contributed by atoms with Crippen molar-refractivity contribution in [2.45, 2.75) is 31.7 Å². The number of aromatic amines is 1. The van der Waals surface area contributed by atoms with Gasteiger partial charge < -0.3 is 5.73 Å². The molecule has 1 aliphatic rings. The molecule has 0 bridgehead atoms. The summed E-state index contributed by atoms with van der Waals surface area (Å²) >= 11 is 0. The van der Waals surface area contributed by atoms with Crippen LogP contribution in [-0.2, 0) is 12.8 Å². The monoisotopic (exact) mass is 227 g/mol. The summed E-state index contributed by atoms with van der Waals surface area (Å²) in [5.41, 5.74) is 11.4. The normalized spacial score (nSPS) is 16.5. The maximum atomic E-state index is 6.23. The van der Waals surface area contributed by atoms with E-state index in [1.807, 2.05) is 6.20 Å². The molecular weight excluding hydrogens is 210 g/mol. The number of rotatable bonds is 2. The van der Waals surface area contributed by atoms with Gasteiger partial charge in [-0.1, -0.05) is 18.2 Å². The van der Waals surface area contributed by atoms with Crippen molar-refractivity contribution in [1.82, 2.24) is 10.2 Å². The molecule has 1 unspecified atom stereocenters. The zero-order valence-corrected chi connectivity index (χ0v) is 9.82. The first-order chi connectivity index (χ1) is 8.34. The molecular formula is C14H17N3. The predicted molar refractivity (Wildman–Crippen MR) is 67.7 cm³/mol. The van der Waals surface area contributed by atoms with Crippen molar-refractivity contribution in [3.05, 3.63) is 52.8 Å². The molecule has 0 saturated heterocycles. The molecule has 3 nitrogen and oxygen atoms in total. The van der Waals surface area contributed by atoms with Gasteiger partial charge in [0.15, 0.2) is 0 Å². The van der Waals surface area contributed by atoms with E-state index in [0.717, 1.165) is 5.56 Å². The van der Waals surface area contributed by atoms with Gasteiger partial charge in [0.25, 0.3) is 0 Å². The highest BCUT2D eigenvalue weighted by Crippen LogP contribution is 2.26. The Morgan fingerprint density at radius 3 is 2.71 bits per heavy atom. The van der Waals surface area contributed by atoms with E-state index in [4.69, 9.17) is 5.73 Å². The van der Waals surface area contributed by atoms with Gasteiger partial charge in [0.1, 0.15) is 0 Å². The lowest BCUT2D eigenvalue weighted by Crippen LogP contribution is -2.12. The second kappa shape index (κ2) is 4.34. The number of hydrogen-bond donors (Lipinski definition) is 2. The Kier molecular flexibility index (Phi) is 2.69. The van der Waals surface area contributed by atoms with Gasteiger partial charge in [-0.25, -0.2) is 0 Å². The number of nitrogens with two attached hydrogens (primary N) is 1. The third-order valence-corrected chi connectivity index (χ3v) is 3.61. The summed E-state index contributed by atoms with van der Waals surface area (Å²) < 4.78 is 0. The fraction of sp³-hybridized carbons (Fsp3) is 0.357. The lowest BCUT2D eigenvalue weighted by Gasteiger charge is -2.18. The third-order valence-electron chi connectivity index (χ3n) is 3.61. The van der Waals surface area contributed by atoms with Crippen molar-refractivity contribution in [1.29, 1.82) is 0 Å². The van der Waals surface area contributed by atoms with Gasteiger partial charge in [-0.05, 0) is 42.4 Å². The molecule has 88 valence electrons. The van der Waals surface area contributed by atoms with Gasteiger partial charge in [-0.3, -0.25) is 5.10 Å². The number of aromatic nitrogens is 2. The standard InChI is InChI=1S/C14H17N3/c15-14(13-8-16-17-9-13)12-6-5-10-3-1-2-4-11(10)7-12/h5-9,14H,1-4,15H2,(H,16,17). The zero-order valence-electron chi connectivity index (χ0n) is 9.82. The minimum atomic E-state index is -0.0685. The first-order valence-electron chi connectivity index (χ1n) is 6.20. The molecule has 0 saturated carbocycles. The molecule has 0 amide bonds. The molecule has 3 N–H and O–H groups in total. The van der Waals surface area contributed by atoms with E-state index in [1.165, 1.54) is 42.4 Å². The first-order valence-corrected chi connectivity index (χ1v) is 6.20. The summed E-state index contributed by atoms with van der Waals surface area (Å²) in [4.78, 5) is 0. The molecule has 1 aromatic carbocycles. The lowest BCUT2D eigenvalue weighted by molar-refractivity contribution is 0.682. The average molecular weight is 227 g/mol. The zero-order chi connectivity index (χ0) is 11.7. The summed E-state index contributed by atoms with van der Waals surface area (Å²) in [6, 6.07) is 6.60. The van der Waals surface area contributed by atoms with Crippen LogP contribution in [-0.4, -0.2) is 10.2 Å². The average Bonchev–Trinajstić information content (AvgIpc) is 2.91. The van der Waals surface area contributed by atoms with E-state index in [9.17, 15) is 0 Å². The predicted octanol–water partition coefficient (Wildman–Crippen LogP) is 2.34. The molecule has 1 aromatic heterocycles. The van der Waals surface area contributed by atoms with Crippen LogP contribution in [0.3, 0.4) is 0 Å². The molecule has 17 heavy (non-hydrogen) atoms. The summed E-state index contributed by atoms with van der Waals surface area (Å²) in [6.45, 7) is 0. The highest BCUT2D eigenvalue weighted by atomic mass is 15.1. The molecule has 3 rings (SSSR count). The van der Waals surface area contributed by atoms with E-state index in [-0.39, 0.29) is 6.04 Å². The van der Waals surface area contributed by atoms with Gasteiger partial charge in [0, 0.05) is 11.8 Å². The van der Waals surface area contributed by atoms with Crippen LogP contribution >= 0.6 is 0 Å². The van der Waals surface area contributed by atoms with E-state index >= 15 is 0 Å². The van der Waals surface area contributed by atoms with Crippen LogP contribution in [0, 0.1) is 0 Å². The van der Waals surface area contributed by atoms with Gasteiger partial charge in [0.05, 0.1) is 12.2 Å². The van der Waals surface area contributed by atoms with Gasteiger partial charge in [0.2, 0.25) is 0 Å². The Balaban J connectivity index is 1.93. The third kappa shape index (κ3) is 1.98. The lowest BCUT2D eigenvalue weighted by atomic mass is 9.88. The van der Waals surface area contributed by atoms with Crippen LogP contribution in [0.15, 0.2) is 30.6 Å². The Morgan fingerprint density at radius 1 is 1.12 bits per heavy atom. The summed E-state index contributed by atoms with van der Waals surface area (Å²) in [5.74, 6) is 0. The topological polar surface area (TPSA) is 54.7 Å². The Hall–Kier alpha value is -1.61. The number of benzene rings is 1. The number of nitrogens with one attached hydrogen (secondary N) is 1. The second-order valence-corrected chi connectivity index (χ2v) is 4.74. The maximum Gasteiger partial charge on any atom is 0.0582 e. The summed E-state index contributed by atoms with van der Waals surface area (Å²) in [5, 5.41) is 6.76. The van der Waals surface area contributed by atoms with Crippen molar-refractivity contribution < 1.29 is 0 Å². The largest absolute Gasteiger partial charge is 0.320 e. The minimum absolute atomic E-state index is 0.0685. The molecule has 3 heteroatoms. The van der Waals surface area contributed by atoms with Crippen molar-refractivity contribution in [3.8, 4) is 0 Å². The highest BCUT2D eigenvalue weighted by Gasteiger charge is 2.14. The summed E-state index contributed by atoms with van der Waals surface area (Å²) in [7, 11) is 0. The molecule has 2 aromatic rings. The highest BCUT2D eigenvalue weighted by molar-refractivity contribution is 5.38. The molecule has 0 fully saturated rings. The van der Waals surface area contributed by atoms with Crippen molar-refractivity contribution >= 4 is 0 Å². The SMILES string of the molecule is NC(c1cn[nH]c1)c1ccc2c(c1)CCCC2. The van der Waals surface area contributed by atoms with E-state index in [1.54, 1.807) is 6.20 Å². The van der Waals surface area contributed by atoms with Crippen molar-refractivity contribution in [3.63, 3.8) is 0 Å². The molecule has 0 spiro atoms. The maximum absolute atomic E-state index is 6.23. The van der Waals surface area contributed by atoms with Crippen LogP contribution in [0.1, 0.15) is 41.1 Å². The van der Waals surface area contributed by atoms with Crippen LogP contribution in [0.5, 0.6) is 0 Å². The van der Waals surface area contributed by atoms with Crippen molar-refractivity contribution in [2.75, 3.05) is 0 Å². The number of hydrogen-bond acceptors (Lipinski definition) is 2. The Bertz CT molecular complexity index is 502. The molecule has 1 heterocycles. The van der Waals surface area contributed by atoms with Crippen LogP contribution in [0.2, 0.25) is 0 Å². The summed E-state index contributed by atoms with van der Waals surface area (Å²) in [6.07, 6.45) is 8.70. The molecule has 1 atom stereocenters. The van der Waals surface area contributed by atoms with E-state index in [0.29, 0.717) is 0 Å². The second-order valence-electron chi connectivity index (χ2n) is 4.74. The minimum Gasteiger partial charge on any atom is -0.320 e. The van der Waals surface area contributed by atoms with Gasteiger partial charge in [-0.15, -0.1) is 0 Å². The van der Waals surface area contributed by atoms with Crippen LogP contribution < -0.4 is 5.73 Å². The molecule has 0 aliphatic heterocycles. The van der Waals surface area contributed by atoms with E-state index in [2.05, 4.69) is 28.4 Å². The van der Waals surface area contributed by atoms with Gasteiger partial charge in [-0.2, -0.15) is 5.10 Å². The van der Waals surface area contributed by atoms with Crippen LogP contribution in [0.4, 0.5) is 0 Å². The number of fused-ring (bicyclic) bond motifs is 1. The Morgan fingerprint density at radius 2 is 1.94 bits per heavy atom. The fourth-order valence-corrected chi connectivity index (χ4v) is 2.57.